The Balaban J connectivity index is 0.00000193. The molecule has 0 saturated carbocycles. The number of halogens is 2. The lowest BCUT2D eigenvalue weighted by Crippen LogP contribution is -2.29. The number of nitrogens with zero attached hydrogens (tertiary/aromatic N) is 3. The van der Waals surface area contributed by atoms with E-state index in [4.69, 9.17) is 9.40 Å². The lowest BCUT2D eigenvalue weighted by molar-refractivity contribution is 0.271. The van der Waals surface area contributed by atoms with Gasteiger partial charge in [0.15, 0.2) is 14.9 Å². The molecule has 0 bridgehead atoms. The maximum absolute atomic E-state index is 11.9. The Morgan fingerprint density at radius 3 is 2.30 bits per heavy atom. The number of oxazole rings is 1. The third-order valence-electron chi connectivity index (χ3n) is 6.12. The third kappa shape index (κ3) is 6.15. The molecule has 1 aliphatic heterocycles. The zero-order valence-electron chi connectivity index (χ0n) is 19.2. The van der Waals surface area contributed by atoms with Crippen molar-refractivity contribution in [3.8, 4) is 22.6 Å². The summed E-state index contributed by atoms with van der Waals surface area (Å²) in [7, 11) is -3.29. The summed E-state index contributed by atoms with van der Waals surface area (Å²) in [6, 6.07) is 11.9. The van der Waals surface area contributed by atoms with E-state index in [0.717, 1.165) is 41.1 Å². The fourth-order valence-corrected chi connectivity index (χ4v) is 4.83. The summed E-state index contributed by atoms with van der Waals surface area (Å²) in [5, 5.41) is 0.112. The number of hydrogen-bond acceptors (Lipinski definition) is 6. The molecule has 4 rings (SSSR count). The molecule has 3 heterocycles. The lowest BCUT2D eigenvalue weighted by Gasteiger charge is -2.20. The summed E-state index contributed by atoms with van der Waals surface area (Å²) in [5.74, 6) is 1.56. The van der Waals surface area contributed by atoms with Crippen LogP contribution in [0.5, 0.6) is 0 Å². The van der Waals surface area contributed by atoms with Gasteiger partial charge >= 0.3 is 0 Å². The van der Waals surface area contributed by atoms with Gasteiger partial charge in [-0.1, -0.05) is 19.1 Å². The molecule has 33 heavy (non-hydrogen) atoms. The first kappa shape index (κ1) is 27.3. The SMILES string of the molecule is CCS(=O)(=O)c1ccc(-c2ccc(-c3nc(CCN4CCC[C@H]4C)c(C)o3)cc2)cn1.Cl.Cl. The Morgan fingerprint density at radius 2 is 1.73 bits per heavy atom. The van der Waals surface area contributed by atoms with Gasteiger partial charge in [-0.15, -0.1) is 24.8 Å². The second kappa shape index (κ2) is 11.5. The van der Waals surface area contributed by atoms with E-state index in [0.29, 0.717) is 11.9 Å². The van der Waals surface area contributed by atoms with Crippen molar-refractivity contribution in [3.63, 3.8) is 0 Å². The smallest absolute Gasteiger partial charge is 0.226 e. The largest absolute Gasteiger partial charge is 0.441 e. The predicted octanol–water partition coefficient (Wildman–Crippen LogP) is 5.38. The maximum Gasteiger partial charge on any atom is 0.226 e. The molecular weight excluding hydrogens is 481 g/mol. The van der Waals surface area contributed by atoms with Crippen LogP contribution in [0.2, 0.25) is 0 Å². The first-order valence-electron chi connectivity index (χ1n) is 10.9. The van der Waals surface area contributed by atoms with Crippen LogP contribution in [-0.2, 0) is 16.3 Å². The standard InChI is InChI=1S/C24H29N3O3S.2ClH/c1-4-31(28,29)23-12-11-21(16-25-23)19-7-9-20(10-8-19)24-26-22(18(3)30-24)13-15-27-14-5-6-17(27)2;;/h7-12,16-17H,4-6,13-15H2,1-3H3;2*1H/t17-;;/m1../s1. The lowest BCUT2D eigenvalue weighted by atomic mass is 10.1. The van der Waals surface area contributed by atoms with Crippen molar-refractivity contribution in [2.45, 2.75) is 51.1 Å². The number of benzene rings is 1. The van der Waals surface area contributed by atoms with Gasteiger partial charge in [0, 0.05) is 36.3 Å². The second-order valence-electron chi connectivity index (χ2n) is 8.17. The van der Waals surface area contributed by atoms with Gasteiger partial charge in [-0.3, -0.25) is 0 Å². The summed E-state index contributed by atoms with van der Waals surface area (Å²) in [5.41, 5.74) is 3.77. The molecule has 1 atom stereocenters. The van der Waals surface area contributed by atoms with Crippen molar-refractivity contribution < 1.29 is 12.8 Å². The van der Waals surface area contributed by atoms with Crippen molar-refractivity contribution in [2.75, 3.05) is 18.8 Å². The molecule has 0 spiro atoms. The van der Waals surface area contributed by atoms with E-state index < -0.39 is 9.84 Å². The zero-order chi connectivity index (χ0) is 22.0. The number of hydrogen-bond donors (Lipinski definition) is 0. The Morgan fingerprint density at radius 1 is 1.06 bits per heavy atom. The summed E-state index contributed by atoms with van der Waals surface area (Å²) < 4.78 is 29.8. The Bertz CT molecular complexity index is 1150. The molecule has 6 nitrogen and oxygen atoms in total. The summed E-state index contributed by atoms with van der Waals surface area (Å²) in [6.07, 6.45) is 5.06. The van der Waals surface area contributed by atoms with Crippen molar-refractivity contribution in [1.29, 1.82) is 0 Å². The highest BCUT2D eigenvalue weighted by atomic mass is 35.5. The minimum absolute atomic E-state index is 0. The van der Waals surface area contributed by atoms with Crippen LogP contribution in [0.15, 0.2) is 52.0 Å². The van der Waals surface area contributed by atoms with Gasteiger partial charge in [-0.05, 0) is 63.1 Å². The van der Waals surface area contributed by atoms with E-state index in [-0.39, 0.29) is 35.6 Å². The Hall–Kier alpha value is -1.93. The van der Waals surface area contributed by atoms with E-state index >= 15 is 0 Å². The highest BCUT2D eigenvalue weighted by Gasteiger charge is 2.21. The van der Waals surface area contributed by atoms with Crippen molar-refractivity contribution in [2.24, 2.45) is 0 Å². The van der Waals surface area contributed by atoms with Gasteiger partial charge in [0.1, 0.15) is 5.76 Å². The molecule has 0 amide bonds. The molecule has 1 aromatic carbocycles. The molecule has 2 aromatic heterocycles. The van der Waals surface area contributed by atoms with Crippen LogP contribution in [0.4, 0.5) is 0 Å². The highest BCUT2D eigenvalue weighted by molar-refractivity contribution is 7.91. The summed E-state index contributed by atoms with van der Waals surface area (Å²) in [4.78, 5) is 11.4. The summed E-state index contributed by atoms with van der Waals surface area (Å²) >= 11 is 0. The van der Waals surface area contributed by atoms with E-state index in [1.165, 1.54) is 19.4 Å². The fourth-order valence-electron chi connectivity index (χ4n) is 4.05. The normalized spacial score (nSPS) is 16.3. The predicted molar refractivity (Wildman–Crippen MR) is 136 cm³/mol. The highest BCUT2D eigenvalue weighted by Crippen LogP contribution is 2.27. The van der Waals surface area contributed by atoms with Gasteiger partial charge in [0.25, 0.3) is 0 Å². The van der Waals surface area contributed by atoms with E-state index in [1.807, 2.05) is 31.2 Å². The van der Waals surface area contributed by atoms with Crippen LogP contribution in [0.1, 0.15) is 38.1 Å². The molecule has 1 saturated heterocycles. The first-order valence-corrected chi connectivity index (χ1v) is 12.5. The van der Waals surface area contributed by atoms with Crippen LogP contribution in [0, 0.1) is 6.92 Å². The van der Waals surface area contributed by atoms with Crippen LogP contribution < -0.4 is 0 Å². The molecule has 0 aliphatic carbocycles. The minimum atomic E-state index is -3.29. The Kier molecular flexibility index (Phi) is 9.49. The first-order chi connectivity index (χ1) is 14.9. The quantitative estimate of drug-likeness (QED) is 0.423. The molecule has 180 valence electrons. The number of pyridine rings is 1. The molecule has 9 heteroatoms. The number of aryl methyl sites for hydroxylation is 1. The monoisotopic (exact) mass is 511 g/mol. The number of sulfone groups is 1. The van der Waals surface area contributed by atoms with Gasteiger partial charge < -0.3 is 9.32 Å². The molecule has 0 radical (unpaired) electrons. The average molecular weight is 513 g/mol. The van der Waals surface area contributed by atoms with Crippen molar-refractivity contribution in [3.05, 3.63) is 54.0 Å². The number of aromatic nitrogens is 2. The topological polar surface area (TPSA) is 76.3 Å². The molecule has 3 aromatic rings. The van der Waals surface area contributed by atoms with Crippen LogP contribution in [0.3, 0.4) is 0 Å². The molecule has 0 N–H and O–H groups in total. The van der Waals surface area contributed by atoms with Crippen LogP contribution >= 0.6 is 24.8 Å². The van der Waals surface area contributed by atoms with Crippen LogP contribution in [0.25, 0.3) is 22.6 Å². The van der Waals surface area contributed by atoms with Gasteiger partial charge in [0.05, 0.1) is 11.4 Å². The fraction of sp³-hybridized carbons (Fsp3) is 0.417. The number of rotatable bonds is 7. The minimum Gasteiger partial charge on any atom is -0.441 e. The average Bonchev–Trinajstić information content (AvgIpc) is 3.37. The van der Waals surface area contributed by atoms with Crippen LogP contribution in [-0.4, -0.2) is 48.2 Å². The van der Waals surface area contributed by atoms with E-state index in [1.54, 1.807) is 25.3 Å². The molecule has 1 fully saturated rings. The third-order valence-corrected chi connectivity index (χ3v) is 7.76. The van der Waals surface area contributed by atoms with Gasteiger partial charge in [-0.25, -0.2) is 18.4 Å². The van der Waals surface area contributed by atoms with E-state index in [2.05, 4.69) is 16.8 Å². The van der Waals surface area contributed by atoms with E-state index in [9.17, 15) is 8.42 Å². The molecule has 0 unspecified atom stereocenters. The van der Waals surface area contributed by atoms with Crippen molar-refractivity contribution >= 4 is 34.7 Å². The zero-order valence-corrected chi connectivity index (χ0v) is 21.6. The molecule has 1 aliphatic rings. The maximum atomic E-state index is 11.9. The summed E-state index contributed by atoms with van der Waals surface area (Å²) in [6.45, 7) is 8.08. The van der Waals surface area contributed by atoms with Crippen molar-refractivity contribution in [1.82, 2.24) is 14.9 Å². The second-order valence-corrected chi connectivity index (χ2v) is 10.4. The molecular formula is C24H31Cl2N3O3S. The number of likely N-dealkylation sites (tertiary alicyclic amines) is 1. The van der Waals surface area contributed by atoms with Gasteiger partial charge in [0.2, 0.25) is 5.89 Å². The Labute approximate surface area is 208 Å². The van der Waals surface area contributed by atoms with Gasteiger partial charge in [-0.2, -0.15) is 0 Å².